The summed E-state index contributed by atoms with van der Waals surface area (Å²) in [5.74, 6) is 0. The van der Waals surface area contributed by atoms with Crippen LogP contribution in [0.4, 0.5) is 17.1 Å². The predicted molar refractivity (Wildman–Crippen MR) is 155 cm³/mol. The average Bonchev–Trinajstić information content (AvgIpc) is 2.94. The van der Waals surface area contributed by atoms with Gasteiger partial charge in [0.25, 0.3) is 0 Å². The molecule has 0 spiro atoms. The van der Waals surface area contributed by atoms with Crippen LogP contribution in [0.1, 0.15) is 30.5 Å². The largest absolute Gasteiger partial charge is 0.310 e. The minimum atomic E-state index is -3.55. The van der Waals surface area contributed by atoms with E-state index in [2.05, 4.69) is 91.5 Å². The minimum Gasteiger partial charge on any atom is -0.310 e. The molecule has 5 aromatic carbocycles. The Kier molecular flexibility index (Phi) is 5.73. The molecule has 0 fully saturated rings. The number of anilines is 3. The molecule has 0 radical (unpaired) electrons. The smallest absolute Gasteiger partial charge is 0.206 e. The van der Waals surface area contributed by atoms with Crippen molar-refractivity contribution in [1.82, 2.24) is 0 Å². The van der Waals surface area contributed by atoms with Crippen LogP contribution < -0.4 is 4.90 Å². The normalized spacial score (nSPS) is 14.0. The predicted octanol–water partition coefficient (Wildman–Crippen LogP) is 8.60. The van der Waals surface area contributed by atoms with Gasteiger partial charge in [0.15, 0.2) is 0 Å². The Morgan fingerprint density at radius 3 is 1.74 bits per heavy atom. The summed E-state index contributed by atoms with van der Waals surface area (Å²) in [6.45, 7) is 6.54. The summed E-state index contributed by atoms with van der Waals surface area (Å²) in [6, 6.07) is 39.7. The van der Waals surface area contributed by atoms with Crippen LogP contribution in [0.3, 0.4) is 0 Å². The lowest BCUT2D eigenvalue weighted by Crippen LogP contribution is -2.30. The number of aryl methyl sites for hydroxylation is 1. The molecule has 0 amide bonds. The van der Waals surface area contributed by atoms with Crippen molar-refractivity contribution in [1.29, 1.82) is 0 Å². The van der Waals surface area contributed by atoms with Crippen molar-refractivity contribution < 1.29 is 8.42 Å². The van der Waals surface area contributed by atoms with E-state index < -0.39 is 9.84 Å². The second-order valence-corrected chi connectivity index (χ2v) is 12.3. The molecule has 0 saturated carbocycles. The molecule has 1 aliphatic rings. The SMILES string of the molecule is Cc1cc(S(=O)(=O)c2ccccc2)ccc1-c1ccc(N2c3ccccc3C(C)(C)c3ccccc32)cc1. The van der Waals surface area contributed by atoms with Crippen LogP contribution in [0, 0.1) is 6.92 Å². The molecule has 0 unspecified atom stereocenters. The first-order valence-electron chi connectivity index (χ1n) is 12.8. The van der Waals surface area contributed by atoms with E-state index in [1.165, 1.54) is 22.5 Å². The minimum absolute atomic E-state index is 0.0947. The number of hydrogen-bond donors (Lipinski definition) is 0. The monoisotopic (exact) mass is 515 g/mol. The first-order valence-corrected chi connectivity index (χ1v) is 14.3. The highest BCUT2D eigenvalue weighted by Crippen LogP contribution is 2.51. The molecular weight excluding hydrogens is 486 g/mol. The third-order valence-electron chi connectivity index (χ3n) is 7.63. The molecule has 0 saturated heterocycles. The molecule has 38 heavy (non-hydrogen) atoms. The fourth-order valence-electron chi connectivity index (χ4n) is 5.60. The fraction of sp³-hybridized carbons (Fsp3) is 0.118. The van der Waals surface area contributed by atoms with Crippen molar-refractivity contribution in [3.8, 4) is 11.1 Å². The first kappa shape index (κ1) is 24.2. The Morgan fingerprint density at radius 1 is 0.605 bits per heavy atom. The van der Waals surface area contributed by atoms with E-state index in [0.29, 0.717) is 9.79 Å². The second-order valence-electron chi connectivity index (χ2n) is 10.3. The number of sulfone groups is 1. The summed E-state index contributed by atoms with van der Waals surface area (Å²) in [5.41, 5.74) is 8.96. The van der Waals surface area contributed by atoms with Crippen LogP contribution >= 0.6 is 0 Å². The highest BCUT2D eigenvalue weighted by Gasteiger charge is 2.36. The van der Waals surface area contributed by atoms with Gasteiger partial charge in [-0.15, -0.1) is 0 Å². The van der Waals surface area contributed by atoms with E-state index in [0.717, 1.165) is 22.4 Å². The van der Waals surface area contributed by atoms with E-state index in [9.17, 15) is 8.42 Å². The molecule has 0 bridgehead atoms. The third kappa shape index (κ3) is 3.84. The second kappa shape index (κ2) is 9.00. The standard InChI is InChI=1S/C34H29NO2S/c1-24-23-28(38(36,37)27-11-5-4-6-12-27)21-22-29(24)25-17-19-26(20-18-25)35-32-15-9-7-13-30(32)34(2,3)31-14-8-10-16-33(31)35/h4-23H,1-3H3. The summed E-state index contributed by atoms with van der Waals surface area (Å²) in [5, 5.41) is 0. The quantitative estimate of drug-likeness (QED) is 0.240. The molecule has 0 N–H and O–H groups in total. The van der Waals surface area contributed by atoms with Crippen molar-refractivity contribution in [3.05, 3.63) is 138 Å². The summed E-state index contributed by atoms with van der Waals surface area (Å²) in [7, 11) is -3.55. The van der Waals surface area contributed by atoms with Crippen molar-refractivity contribution in [2.45, 2.75) is 36.0 Å². The summed E-state index contributed by atoms with van der Waals surface area (Å²) in [6.07, 6.45) is 0. The Morgan fingerprint density at radius 2 is 1.16 bits per heavy atom. The number of rotatable bonds is 4. The maximum atomic E-state index is 13.1. The van der Waals surface area contributed by atoms with Gasteiger partial charge < -0.3 is 4.90 Å². The van der Waals surface area contributed by atoms with Gasteiger partial charge in [-0.3, -0.25) is 0 Å². The Bertz CT molecular complexity index is 1710. The van der Waals surface area contributed by atoms with Crippen LogP contribution in [-0.4, -0.2) is 8.42 Å². The highest BCUT2D eigenvalue weighted by molar-refractivity contribution is 7.91. The van der Waals surface area contributed by atoms with Crippen LogP contribution in [0.2, 0.25) is 0 Å². The van der Waals surface area contributed by atoms with E-state index in [1.54, 1.807) is 36.4 Å². The molecule has 4 heteroatoms. The Labute approximate surface area is 224 Å². The maximum absolute atomic E-state index is 13.1. The first-order chi connectivity index (χ1) is 18.3. The van der Waals surface area contributed by atoms with Gasteiger partial charge in [0.2, 0.25) is 9.84 Å². The van der Waals surface area contributed by atoms with E-state index in [-0.39, 0.29) is 5.41 Å². The summed E-state index contributed by atoms with van der Waals surface area (Å²) < 4.78 is 26.2. The molecule has 3 nitrogen and oxygen atoms in total. The van der Waals surface area contributed by atoms with Gasteiger partial charge in [-0.05, 0) is 83.3 Å². The Balaban J connectivity index is 1.38. The molecule has 188 valence electrons. The Hall–Kier alpha value is -4.15. The van der Waals surface area contributed by atoms with Gasteiger partial charge in [0.1, 0.15) is 0 Å². The van der Waals surface area contributed by atoms with Gasteiger partial charge in [-0.2, -0.15) is 0 Å². The van der Waals surface area contributed by atoms with E-state index in [4.69, 9.17) is 0 Å². The van der Waals surface area contributed by atoms with Crippen LogP contribution in [0.15, 0.2) is 131 Å². The zero-order valence-electron chi connectivity index (χ0n) is 21.7. The number of hydrogen-bond acceptors (Lipinski definition) is 3. The fourth-order valence-corrected chi connectivity index (χ4v) is 6.97. The zero-order chi connectivity index (χ0) is 26.5. The molecular formula is C34H29NO2S. The van der Waals surface area contributed by atoms with Gasteiger partial charge in [-0.25, -0.2) is 8.42 Å². The number of benzene rings is 5. The highest BCUT2D eigenvalue weighted by atomic mass is 32.2. The molecule has 0 aliphatic carbocycles. The summed E-state index contributed by atoms with van der Waals surface area (Å²) in [4.78, 5) is 2.95. The third-order valence-corrected chi connectivity index (χ3v) is 9.40. The molecule has 0 aromatic heterocycles. The van der Waals surface area contributed by atoms with Gasteiger partial charge >= 0.3 is 0 Å². The van der Waals surface area contributed by atoms with Crippen molar-refractivity contribution in [2.75, 3.05) is 4.90 Å². The zero-order valence-corrected chi connectivity index (χ0v) is 22.5. The molecule has 5 aromatic rings. The molecule has 0 atom stereocenters. The molecule has 1 aliphatic heterocycles. The van der Waals surface area contributed by atoms with E-state index in [1.807, 2.05) is 19.1 Å². The number of para-hydroxylation sites is 2. The topological polar surface area (TPSA) is 37.4 Å². The number of nitrogens with zero attached hydrogens (tertiary/aromatic N) is 1. The van der Waals surface area contributed by atoms with Crippen molar-refractivity contribution >= 4 is 26.9 Å². The van der Waals surface area contributed by atoms with Crippen LogP contribution in [0.5, 0.6) is 0 Å². The lowest BCUT2D eigenvalue weighted by Gasteiger charge is -2.42. The lowest BCUT2D eigenvalue weighted by atomic mass is 9.73. The van der Waals surface area contributed by atoms with Crippen molar-refractivity contribution in [2.24, 2.45) is 0 Å². The van der Waals surface area contributed by atoms with Gasteiger partial charge in [0, 0.05) is 11.1 Å². The van der Waals surface area contributed by atoms with Crippen LogP contribution in [0.25, 0.3) is 11.1 Å². The van der Waals surface area contributed by atoms with Gasteiger partial charge in [-0.1, -0.05) is 86.6 Å². The van der Waals surface area contributed by atoms with Gasteiger partial charge in [0.05, 0.1) is 21.2 Å². The number of fused-ring (bicyclic) bond motifs is 2. The maximum Gasteiger partial charge on any atom is 0.206 e. The average molecular weight is 516 g/mol. The van der Waals surface area contributed by atoms with Crippen molar-refractivity contribution in [3.63, 3.8) is 0 Å². The van der Waals surface area contributed by atoms with Crippen LogP contribution in [-0.2, 0) is 15.3 Å². The summed E-state index contributed by atoms with van der Waals surface area (Å²) >= 11 is 0. The van der Waals surface area contributed by atoms with E-state index >= 15 is 0 Å². The lowest BCUT2D eigenvalue weighted by molar-refractivity contribution is 0.596. The molecule has 1 heterocycles. The molecule has 6 rings (SSSR count).